The lowest BCUT2D eigenvalue weighted by atomic mass is 9.99. The normalized spacial score (nSPS) is 21.5. The third-order valence-corrected chi connectivity index (χ3v) is 4.86. The number of carbonyl (C=O) groups excluding carboxylic acids is 2. The van der Waals surface area contributed by atoms with Gasteiger partial charge in [-0.3, -0.25) is 14.5 Å². The number of piperazine rings is 1. The quantitative estimate of drug-likeness (QED) is 0.792. The zero-order valence-electron chi connectivity index (χ0n) is 14.2. The van der Waals surface area contributed by atoms with Crippen LogP contribution in [0, 0.1) is 0 Å². The van der Waals surface area contributed by atoms with Gasteiger partial charge in [-0.15, -0.1) is 0 Å². The molecule has 1 aromatic rings. The molecular weight excluding hydrogens is 306 g/mol. The van der Waals surface area contributed by atoms with E-state index in [9.17, 15) is 9.59 Å². The number of benzene rings is 1. The zero-order chi connectivity index (χ0) is 16.9. The van der Waals surface area contributed by atoms with Crippen molar-refractivity contribution in [1.29, 1.82) is 0 Å². The summed E-state index contributed by atoms with van der Waals surface area (Å²) in [5.74, 6) is 0.204. The van der Waals surface area contributed by atoms with Crippen LogP contribution in [0.2, 0.25) is 0 Å². The van der Waals surface area contributed by atoms with E-state index in [1.807, 2.05) is 23.1 Å². The Kier molecular flexibility index (Phi) is 5.48. The molecule has 3 rings (SSSR count). The zero-order valence-corrected chi connectivity index (χ0v) is 14.2. The van der Waals surface area contributed by atoms with Crippen molar-refractivity contribution in [2.45, 2.75) is 19.0 Å². The summed E-state index contributed by atoms with van der Waals surface area (Å²) in [7, 11) is 1.52. The fourth-order valence-corrected chi connectivity index (χ4v) is 3.33. The minimum Gasteiger partial charge on any atom is -0.375 e. The number of carbonyl (C=O) groups is 2. The number of nitrogens with zero attached hydrogens (tertiary/aromatic N) is 3. The largest absolute Gasteiger partial charge is 0.375 e. The maximum atomic E-state index is 12.7. The molecule has 0 N–H and O–H groups in total. The summed E-state index contributed by atoms with van der Waals surface area (Å²) in [5, 5.41) is 0. The van der Waals surface area contributed by atoms with Crippen molar-refractivity contribution in [3.05, 3.63) is 35.9 Å². The Balaban J connectivity index is 1.49. The van der Waals surface area contributed by atoms with Crippen LogP contribution in [0.3, 0.4) is 0 Å². The van der Waals surface area contributed by atoms with Crippen molar-refractivity contribution in [2.75, 3.05) is 46.4 Å². The van der Waals surface area contributed by atoms with Gasteiger partial charge in [0.25, 0.3) is 0 Å². The minimum absolute atomic E-state index is 0.000975. The Labute approximate surface area is 143 Å². The highest BCUT2D eigenvalue weighted by Gasteiger charge is 2.37. The van der Waals surface area contributed by atoms with Gasteiger partial charge in [0.1, 0.15) is 6.61 Å². The van der Waals surface area contributed by atoms with Gasteiger partial charge in [0.15, 0.2) is 0 Å². The van der Waals surface area contributed by atoms with Crippen molar-refractivity contribution >= 4 is 11.8 Å². The van der Waals surface area contributed by atoms with E-state index >= 15 is 0 Å². The molecule has 130 valence electrons. The van der Waals surface area contributed by atoms with Crippen molar-refractivity contribution in [1.82, 2.24) is 14.7 Å². The third-order valence-electron chi connectivity index (χ3n) is 4.86. The van der Waals surface area contributed by atoms with Crippen LogP contribution >= 0.6 is 0 Å². The first-order valence-corrected chi connectivity index (χ1v) is 8.52. The van der Waals surface area contributed by atoms with Crippen LogP contribution in [-0.2, 0) is 20.9 Å². The first-order valence-electron chi connectivity index (χ1n) is 8.52. The molecule has 24 heavy (non-hydrogen) atoms. The highest BCUT2D eigenvalue weighted by molar-refractivity contribution is 5.83. The van der Waals surface area contributed by atoms with E-state index in [-0.39, 0.29) is 24.5 Å². The summed E-state index contributed by atoms with van der Waals surface area (Å²) < 4.78 is 4.89. The monoisotopic (exact) mass is 331 g/mol. The number of ether oxygens (including phenoxy) is 1. The number of methoxy groups -OCH3 is 1. The topological polar surface area (TPSA) is 53.1 Å². The van der Waals surface area contributed by atoms with Gasteiger partial charge in [-0.25, -0.2) is 0 Å². The van der Waals surface area contributed by atoms with E-state index < -0.39 is 0 Å². The van der Waals surface area contributed by atoms with E-state index in [1.165, 1.54) is 12.7 Å². The maximum Gasteiger partial charge on any atom is 0.248 e. The SMILES string of the molecule is COCC(=O)N1CCN(C(=O)C2CCN2Cc2ccccc2)CC1. The van der Waals surface area contributed by atoms with Crippen molar-refractivity contribution in [2.24, 2.45) is 0 Å². The number of hydrogen-bond donors (Lipinski definition) is 0. The van der Waals surface area contributed by atoms with Crippen LogP contribution in [0.5, 0.6) is 0 Å². The molecule has 6 nitrogen and oxygen atoms in total. The Hall–Kier alpha value is -1.92. The number of likely N-dealkylation sites (tertiary alicyclic amines) is 1. The highest BCUT2D eigenvalue weighted by atomic mass is 16.5. The fraction of sp³-hybridized carbons (Fsp3) is 0.556. The number of hydrogen-bond acceptors (Lipinski definition) is 4. The molecule has 6 heteroatoms. The van der Waals surface area contributed by atoms with E-state index in [0.29, 0.717) is 26.2 Å². The van der Waals surface area contributed by atoms with E-state index in [2.05, 4.69) is 17.0 Å². The van der Waals surface area contributed by atoms with Gasteiger partial charge in [0, 0.05) is 46.4 Å². The molecule has 0 saturated carbocycles. The lowest BCUT2D eigenvalue weighted by molar-refractivity contribution is -0.148. The molecule has 2 saturated heterocycles. The number of rotatable bonds is 5. The molecule has 0 radical (unpaired) electrons. The van der Waals surface area contributed by atoms with Gasteiger partial charge in [0.2, 0.25) is 11.8 Å². The van der Waals surface area contributed by atoms with Crippen molar-refractivity contribution in [3.63, 3.8) is 0 Å². The average molecular weight is 331 g/mol. The second kappa shape index (κ2) is 7.77. The van der Waals surface area contributed by atoms with Crippen molar-refractivity contribution < 1.29 is 14.3 Å². The molecule has 0 aliphatic carbocycles. The molecule has 2 heterocycles. The van der Waals surface area contributed by atoms with Gasteiger partial charge in [-0.2, -0.15) is 0 Å². The summed E-state index contributed by atoms with van der Waals surface area (Å²) in [4.78, 5) is 30.5. The first-order chi connectivity index (χ1) is 11.7. The standard InChI is InChI=1S/C18H25N3O3/c1-24-14-17(22)19-9-11-20(12-10-19)18(23)16-7-8-21(16)13-15-5-3-2-4-6-15/h2-6,16H,7-14H2,1H3. The van der Waals surface area contributed by atoms with Crippen LogP contribution in [0.15, 0.2) is 30.3 Å². The average Bonchev–Trinajstić information content (AvgIpc) is 2.60. The molecule has 0 spiro atoms. The predicted octanol–water partition coefficient (Wildman–Crippen LogP) is 0.578. The molecule has 0 bridgehead atoms. The first kappa shape index (κ1) is 16.9. The lowest BCUT2D eigenvalue weighted by Gasteiger charge is -2.44. The van der Waals surface area contributed by atoms with Gasteiger partial charge < -0.3 is 14.5 Å². The molecular formula is C18H25N3O3. The molecule has 2 aliphatic heterocycles. The van der Waals surface area contributed by atoms with Crippen LogP contribution in [0.1, 0.15) is 12.0 Å². The third kappa shape index (κ3) is 3.76. The van der Waals surface area contributed by atoms with E-state index in [4.69, 9.17) is 4.74 Å². The maximum absolute atomic E-state index is 12.7. The Bertz CT molecular complexity index is 570. The Morgan fingerprint density at radius 3 is 2.29 bits per heavy atom. The highest BCUT2D eigenvalue weighted by Crippen LogP contribution is 2.23. The smallest absolute Gasteiger partial charge is 0.248 e. The lowest BCUT2D eigenvalue weighted by Crippen LogP contribution is -2.60. The second-order valence-electron chi connectivity index (χ2n) is 6.40. The van der Waals surface area contributed by atoms with Gasteiger partial charge in [0.05, 0.1) is 6.04 Å². The fourth-order valence-electron chi connectivity index (χ4n) is 3.33. The van der Waals surface area contributed by atoms with Gasteiger partial charge >= 0.3 is 0 Å². The molecule has 1 unspecified atom stereocenters. The molecule has 2 amide bonds. The summed E-state index contributed by atoms with van der Waals surface area (Å²) in [6, 6.07) is 10.3. The number of amides is 2. The van der Waals surface area contributed by atoms with Crippen molar-refractivity contribution in [3.8, 4) is 0 Å². The summed E-state index contributed by atoms with van der Waals surface area (Å²) in [6.07, 6.45) is 0.925. The van der Waals surface area contributed by atoms with E-state index in [1.54, 1.807) is 4.90 Å². The molecule has 1 atom stereocenters. The van der Waals surface area contributed by atoms with Gasteiger partial charge in [-0.1, -0.05) is 30.3 Å². The minimum atomic E-state index is -0.00793. The summed E-state index contributed by atoms with van der Waals surface area (Å²) in [5.41, 5.74) is 1.24. The van der Waals surface area contributed by atoms with Crippen LogP contribution in [0.4, 0.5) is 0 Å². The summed E-state index contributed by atoms with van der Waals surface area (Å²) in [6.45, 7) is 4.33. The summed E-state index contributed by atoms with van der Waals surface area (Å²) >= 11 is 0. The Morgan fingerprint density at radius 1 is 1.04 bits per heavy atom. The van der Waals surface area contributed by atoms with Crippen LogP contribution < -0.4 is 0 Å². The molecule has 2 fully saturated rings. The molecule has 1 aromatic carbocycles. The Morgan fingerprint density at radius 2 is 1.71 bits per heavy atom. The predicted molar refractivity (Wildman–Crippen MR) is 90.3 cm³/mol. The van der Waals surface area contributed by atoms with E-state index in [0.717, 1.165) is 19.5 Å². The molecule has 2 aliphatic rings. The van der Waals surface area contributed by atoms with Crippen LogP contribution in [0.25, 0.3) is 0 Å². The second-order valence-corrected chi connectivity index (χ2v) is 6.40. The van der Waals surface area contributed by atoms with Gasteiger partial charge in [-0.05, 0) is 12.0 Å². The van der Waals surface area contributed by atoms with Crippen LogP contribution in [-0.4, -0.2) is 79.0 Å². The molecule has 0 aromatic heterocycles.